The van der Waals surface area contributed by atoms with E-state index in [2.05, 4.69) is 4.98 Å². The first-order valence-electron chi connectivity index (χ1n) is 7.59. The fourth-order valence-corrected chi connectivity index (χ4v) is 2.94. The van der Waals surface area contributed by atoms with Gasteiger partial charge in [0.25, 0.3) is 0 Å². The van der Waals surface area contributed by atoms with E-state index in [1.54, 1.807) is 10.8 Å². The van der Waals surface area contributed by atoms with Gasteiger partial charge in [-0.1, -0.05) is 32.1 Å². The van der Waals surface area contributed by atoms with E-state index in [9.17, 15) is 9.59 Å². The summed E-state index contributed by atoms with van der Waals surface area (Å²) in [7, 11) is 0. The second-order valence-corrected chi connectivity index (χ2v) is 6.23. The molecule has 112 valence electrons. The fraction of sp³-hybridized carbons (Fsp3) is 0.733. The molecule has 0 atom stereocenters. The Morgan fingerprint density at radius 1 is 1.25 bits per heavy atom. The molecule has 0 unspecified atom stereocenters. The largest absolute Gasteiger partial charge is 0.326 e. The summed E-state index contributed by atoms with van der Waals surface area (Å²) >= 11 is 0. The number of carbonyl (C=O) groups is 1. The summed E-state index contributed by atoms with van der Waals surface area (Å²) in [6, 6.07) is 0.0337. The average Bonchev–Trinajstić information content (AvgIpc) is 2.75. The van der Waals surface area contributed by atoms with Gasteiger partial charge in [-0.3, -0.25) is 9.36 Å². The molecule has 5 nitrogen and oxygen atoms in total. The van der Waals surface area contributed by atoms with E-state index in [1.165, 1.54) is 6.42 Å². The van der Waals surface area contributed by atoms with Crippen LogP contribution in [0.25, 0.3) is 0 Å². The number of nitrogens with one attached hydrogen (secondary N) is 1. The van der Waals surface area contributed by atoms with Gasteiger partial charge in [-0.15, -0.1) is 0 Å². The van der Waals surface area contributed by atoms with E-state index in [4.69, 9.17) is 5.73 Å². The van der Waals surface area contributed by atoms with Crippen LogP contribution in [-0.4, -0.2) is 20.9 Å². The van der Waals surface area contributed by atoms with Crippen LogP contribution in [0, 0.1) is 0 Å². The van der Waals surface area contributed by atoms with E-state index in [0.717, 1.165) is 25.7 Å². The zero-order valence-corrected chi connectivity index (χ0v) is 12.4. The summed E-state index contributed by atoms with van der Waals surface area (Å²) in [5, 5.41) is 0. The number of ketones is 1. The Hall–Kier alpha value is -1.36. The molecule has 1 fully saturated rings. The van der Waals surface area contributed by atoms with Crippen molar-refractivity contribution < 1.29 is 4.79 Å². The lowest BCUT2D eigenvalue weighted by Crippen LogP contribution is -2.48. The lowest BCUT2D eigenvalue weighted by molar-refractivity contribution is 0.0854. The van der Waals surface area contributed by atoms with Crippen molar-refractivity contribution in [1.82, 2.24) is 9.55 Å². The third-order valence-corrected chi connectivity index (χ3v) is 4.24. The third-order valence-electron chi connectivity index (χ3n) is 4.24. The second-order valence-electron chi connectivity index (χ2n) is 6.23. The number of nitrogens with zero attached hydrogens (tertiary/aromatic N) is 1. The van der Waals surface area contributed by atoms with Gasteiger partial charge in [-0.2, -0.15) is 0 Å². The smallest absolute Gasteiger partial charge is 0.319 e. The van der Waals surface area contributed by atoms with Gasteiger partial charge in [0.15, 0.2) is 5.78 Å². The Balaban J connectivity index is 2.24. The molecule has 1 aromatic heterocycles. The Bertz CT molecular complexity index is 519. The van der Waals surface area contributed by atoms with Crippen molar-refractivity contribution in [2.24, 2.45) is 5.73 Å². The molecular weight excluding hydrogens is 254 g/mol. The first kappa shape index (κ1) is 15.0. The highest BCUT2D eigenvalue weighted by molar-refractivity contribution is 6.01. The number of rotatable bonds is 3. The number of imidazole rings is 1. The third kappa shape index (κ3) is 3.03. The van der Waals surface area contributed by atoms with E-state index in [1.807, 2.05) is 13.8 Å². The van der Waals surface area contributed by atoms with Crippen molar-refractivity contribution in [2.45, 2.75) is 70.4 Å². The van der Waals surface area contributed by atoms with Crippen LogP contribution < -0.4 is 11.4 Å². The fourth-order valence-electron chi connectivity index (χ4n) is 2.94. The van der Waals surface area contributed by atoms with E-state index in [-0.39, 0.29) is 17.5 Å². The number of Topliss-reactive ketones (excluding diaryl/α,β-unsaturated/α-hetero) is 1. The van der Waals surface area contributed by atoms with Gasteiger partial charge in [0.1, 0.15) is 5.69 Å². The minimum Gasteiger partial charge on any atom is -0.319 e. The predicted molar refractivity (Wildman–Crippen MR) is 79.0 cm³/mol. The van der Waals surface area contributed by atoms with Crippen molar-refractivity contribution in [2.75, 3.05) is 0 Å². The summed E-state index contributed by atoms with van der Waals surface area (Å²) in [4.78, 5) is 27.1. The van der Waals surface area contributed by atoms with Gasteiger partial charge in [-0.25, -0.2) is 4.79 Å². The van der Waals surface area contributed by atoms with Gasteiger partial charge in [0.05, 0.1) is 5.54 Å². The molecule has 5 heteroatoms. The quantitative estimate of drug-likeness (QED) is 0.833. The Kier molecular flexibility index (Phi) is 4.48. The SMILES string of the molecule is CC(C)n1cc(C(=O)C2(N)CCCCCCC2)[nH]c1=O. The highest BCUT2D eigenvalue weighted by Crippen LogP contribution is 2.27. The molecule has 0 aromatic carbocycles. The molecule has 20 heavy (non-hydrogen) atoms. The summed E-state index contributed by atoms with van der Waals surface area (Å²) < 4.78 is 1.54. The first-order valence-corrected chi connectivity index (χ1v) is 7.59. The van der Waals surface area contributed by atoms with E-state index in [0.29, 0.717) is 18.5 Å². The summed E-state index contributed by atoms with van der Waals surface area (Å²) in [6.07, 6.45) is 8.50. The van der Waals surface area contributed by atoms with Crippen molar-refractivity contribution in [3.8, 4) is 0 Å². The van der Waals surface area contributed by atoms with Crippen LogP contribution in [0.15, 0.2) is 11.0 Å². The molecule has 0 saturated heterocycles. The normalized spacial score (nSPS) is 19.6. The maximum atomic E-state index is 12.7. The zero-order valence-electron chi connectivity index (χ0n) is 12.4. The summed E-state index contributed by atoms with van der Waals surface area (Å²) in [5.74, 6) is -0.115. The summed E-state index contributed by atoms with van der Waals surface area (Å²) in [6.45, 7) is 3.83. The maximum absolute atomic E-state index is 12.7. The average molecular weight is 279 g/mol. The van der Waals surface area contributed by atoms with E-state index >= 15 is 0 Å². The minimum absolute atomic E-state index is 0.0337. The van der Waals surface area contributed by atoms with Gasteiger partial charge in [0.2, 0.25) is 0 Å². The minimum atomic E-state index is -0.813. The number of H-pyrrole nitrogens is 1. The van der Waals surface area contributed by atoms with Crippen LogP contribution in [0.5, 0.6) is 0 Å². The van der Waals surface area contributed by atoms with Crippen molar-refractivity contribution >= 4 is 5.78 Å². The van der Waals surface area contributed by atoms with E-state index < -0.39 is 5.54 Å². The molecule has 0 spiro atoms. The number of aromatic nitrogens is 2. The summed E-state index contributed by atoms with van der Waals surface area (Å²) in [5.41, 5.74) is 5.66. The molecule has 1 aliphatic carbocycles. The molecule has 0 aliphatic heterocycles. The maximum Gasteiger partial charge on any atom is 0.326 e. The Morgan fingerprint density at radius 3 is 2.30 bits per heavy atom. The number of aromatic amines is 1. The van der Waals surface area contributed by atoms with Crippen molar-refractivity contribution in [1.29, 1.82) is 0 Å². The molecular formula is C15H25N3O2. The van der Waals surface area contributed by atoms with Crippen LogP contribution in [0.1, 0.15) is 75.3 Å². The van der Waals surface area contributed by atoms with Crippen LogP contribution in [-0.2, 0) is 0 Å². The van der Waals surface area contributed by atoms with Gasteiger partial charge >= 0.3 is 5.69 Å². The molecule has 1 saturated carbocycles. The zero-order chi connectivity index (χ0) is 14.8. The molecule has 3 N–H and O–H groups in total. The van der Waals surface area contributed by atoms with Gasteiger partial charge < -0.3 is 10.7 Å². The van der Waals surface area contributed by atoms with Crippen molar-refractivity contribution in [3.05, 3.63) is 22.4 Å². The van der Waals surface area contributed by atoms with Crippen molar-refractivity contribution in [3.63, 3.8) is 0 Å². The second kappa shape index (κ2) is 5.95. The molecule has 1 aliphatic rings. The topological polar surface area (TPSA) is 80.9 Å². The molecule has 0 bridgehead atoms. The molecule has 1 aromatic rings. The van der Waals surface area contributed by atoms with Crippen LogP contribution in [0.4, 0.5) is 0 Å². The van der Waals surface area contributed by atoms with Crippen LogP contribution in [0.3, 0.4) is 0 Å². The highest BCUT2D eigenvalue weighted by Gasteiger charge is 2.35. The predicted octanol–water partition coefficient (Wildman–Crippen LogP) is 2.38. The first-order chi connectivity index (χ1) is 9.44. The van der Waals surface area contributed by atoms with Crippen LogP contribution >= 0.6 is 0 Å². The number of hydrogen-bond acceptors (Lipinski definition) is 3. The number of nitrogens with two attached hydrogens (primary N) is 1. The number of carbonyl (C=O) groups excluding carboxylic acids is 1. The molecule has 0 amide bonds. The standard InChI is InChI=1S/C15H25N3O2/c1-11(2)18-10-12(17-14(18)20)13(19)15(16)8-6-4-3-5-7-9-15/h10-11H,3-9,16H2,1-2H3,(H,17,20). The Morgan fingerprint density at radius 2 is 1.80 bits per heavy atom. The highest BCUT2D eigenvalue weighted by atomic mass is 16.2. The molecule has 2 rings (SSSR count). The lowest BCUT2D eigenvalue weighted by atomic mass is 9.80. The molecule has 1 heterocycles. The Labute approximate surface area is 119 Å². The molecule has 0 radical (unpaired) electrons. The number of hydrogen-bond donors (Lipinski definition) is 2. The van der Waals surface area contributed by atoms with Crippen LogP contribution in [0.2, 0.25) is 0 Å². The van der Waals surface area contributed by atoms with Gasteiger partial charge in [-0.05, 0) is 26.7 Å². The lowest BCUT2D eigenvalue weighted by Gasteiger charge is -2.29. The van der Waals surface area contributed by atoms with Gasteiger partial charge in [0, 0.05) is 12.2 Å². The monoisotopic (exact) mass is 279 g/mol.